The molecule has 1 saturated heterocycles. The van der Waals surface area contributed by atoms with Crippen LogP contribution in [0.1, 0.15) is 6.92 Å². The van der Waals surface area contributed by atoms with E-state index >= 15 is 0 Å². The quantitative estimate of drug-likeness (QED) is 0.915. The van der Waals surface area contributed by atoms with Crippen LogP contribution in [0.3, 0.4) is 0 Å². The first kappa shape index (κ1) is 15.8. The minimum Gasteiger partial charge on any atom is -0.492 e. The van der Waals surface area contributed by atoms with Crippen LogP contribution in [0, 0.1) is 0 Å². The van der Waals surface area contributed by atoms with E-state index in [4.69, 9.17) is 4.74 Å². The Bertz CT molecular complexity index is 365. The van der Waals surface area contributed by atoms with Crippen LogP contribution in [0.4, 0.5) is 0 Å². The van der Waals surface area contributed by atoms with Crippen molar-refractivity contribution in [2.45, 2.75) is 13.0 Å². The molecule has 1 heterocycles. The summed E-state index contributed by atoms with van der Waals surface area (Å²) in [5.74, 6) is 0.933. The SMILES string of the molecule is C[C@@H]1CNCCN1CCOc1cccc(Br)c1.Cl. The third-order valence-corrected chi connectivity index (χ3v) is 3.58. The summed E-state index contributed by atoms with van der Waals surface area (Å²) in [4.78, 5) is 2.47. The first-order valence-electron chi connectivity index (χ1n) is 6.09. The number of nitrogens with zero attached hydrogens (tertiary/aromatic N) is 1. The first-order valence-corrected chi connectivity index (χ1v) is 6.88. The van der Waals surface area contributed by atoms with Crippen molar-refractivity contribution in [1.82, 2.24) is 10.2 Å². The van der Waals surface area contributed by atoms with Gasteiger partial charge in [-0.2, -0.15) is 0 Å². The van der Waals surface area contributed by atoms with E-state index in [1.807, 2.05) is 24.3 Å². The molecule has 1 aliphatic heterocycles. The van der Waals surface area contributed by atoms with Crippen LogP contribution in [0.15, 0.2) is 28.7 Å². The van der Waals surface area contributed by atoms with Gasteiger partial charge in [-0.15, -0.1) is 12.4 Å². The van der Waals surface area contributed by atoms with E-state index in [1.165, 1.54) is 0 Å². The summed E-state index contributed by atoms with van der Waals surface area (Å²) in [6, 6.07) is 8.60. The van der Waals surface area contributed by atoms with Crippen LogP contribution >= 0.6 is 28.3 Å². The lowest BCUT2D eigenvalue weighted by Crippen LogP contribution is -2.50. The third-order valence-electron chi connectivity index (χ3n) is 3.08. The maximum Gasteiger partial charge on any atom is 0.120 e. The second-order valence-corrected chi connectivity index (χ2v) is 5.31. The predicted octanol–water partition coefficient (Wildman–Crippen LogP) is 2.54. The minimum absolute atomic E-state index is 0. The van der Waals surface area contributed by atoms with Crippen LogP contribution in [0.2, 0.25) is 0 Å². The maximum atomic E-state index is 5.75. The van der Waals surface area contributed by atoms with E-state index in [1.54, 1.807) is 0 Å². The van der Waals surface area contributed by atoms with Crippen LogP contribution < -0.4 is 10.1 Å². The van der Waals surface area contributed by atoms with Gasteiger partial charge < -0.3 is 10.1 Å². The number of hydrogen-bond acceptors (Lipinski definition) is 3. The van der Waals surface area contributed by atoms with Crippen LogP contribution in [-0.4, -0.2) is 43.7 Å². The van der Waals surface area contributed by atoms with Gasteiger partial charge in [0.1, 0.15) is 12.4 Å². The van der Waals surface area contributed by atoms with Crippen molar-refractivity contribution in [3.05, 3.63) is 28.7 Å². The summed E-state index contributed by atoms with van der Waals surface area (Å²) in [6.45, 7) is 7.28. The molecule has 1 aliphatic rings. The molecule has 1 aromatic carbocycles. The molecule has 1 atom stereocenters. The highest BCUT2D eigenvalue weighted by Gasteiger charge is 2.16. The van der Waals surface area contributed by atoms with Gasteiger partial charge in [0.25, 0.3) is 0 Å². The van der Waals surface area contributed by atoms with Gasteiger partial charge in [0.15, 0.2) is 0 Å². The Kier molecular flexibility index (Phi) is 7.00. The average molecular weight is 336 g/mol. The van der Waals surface area contributed by atoms with Gasteiger partial charge in [-0.1, -0.05) is 22.0 Å². The molecular weight excluding hydrogens is 316 g/mol. The molecule has 5 heteroatoms. The molecule has 0 unspecified atom stereocenters. The highest BCUT2D eigenvalue weighted by atomic mass is 79.9. The lowest BCUT2D eigenvalue weighted by Gasteiger charge is -2.33. The monoisotopic (exact) mass is 334 g/mol. The number of rotatable bonds is 4. The molecule has 0 radical (unpaired) electrons. The molecular formula is C13H20BrClN2O. The van der Waals surface area contributed by atoms with Crippen molar-refractivity contribution in [2.24, 2.45) is 0 Å². The zero-order valence-corrected chi connectivity index (χ0v) is 13.0. The fourth-order valence-corrected chi connectivity index (χ4v) is 2.43. The fourth-order valence-electron chi connectivity index (χ4n) is 2.05. The lowest BCUT2D eigenvalue weighted by molar-refractivity contribution is 0.143. The molecule has 18 heavy (non-hydrogen) atoms. The molecule has 0 aromatic heterocycles. The van der Waals surface area contributed by atoms with E-state index in [0.717, 1.165) is 43.0 Å². The van der Waals surface area contributed by atoms with Crippen molar-refractivity contribution in [1.29, 1.82) is 0 Å². The van der Waals surface area contributed by atoms with Gasteiger partial charge in [0.2, 0.25) is 0 Å². The highest BCUT2D eigenvalue weighted by molar-refractivity contribution is 9.10. The van der Waals surface area contributed by atoms with Gasteiger partial charge >= 0.3 is 0 Å². The van der Waals surface area contributed by atoms with Crippen molar-refractivity contribution < 1.29 is 4.74 Å². The second kappa shape index (κ2) is 8.00. The Labute approximate surface area is 123 Å². The van der Waals surface area contributed by atoms with Crippen molar-refractivity contribution in [2.75, 3.05) is 32.8 Å². The third kappa shape index (κ3) is 4.76. The summed E-state index contributed by atoms with van der Waals surface area (Å²) in [6.07, 6.45) is 0. The summed E-state index contributed by atoms with van der Waals surface area (Å²) in [7, 11) is 0. The second-order valence-electron chi connectivity index (χ2n) is 4.39. The van der Waals surface area contributed by atoms with Crippen LogP contribution in [0.5, 0.6) is 5.75 Å². The van der Waals surface area contributed by atoms with Gasteiger partial charge in [0.05, 0.1) is 0 Å². The number of halogens is 2. The average Bonchev–Trinajstić information content (AvgIpc) is 2.32. The Morgan fingerprint density at radius 3 is 3.06 bits per heavy atom. The summed E-state index contributed by atoms with van der Waals surface area (Å²) < 4.78 is 6.81. The highest BCUT2D eigenvalue weighted by Crippen LogP contribution is 2.17. The molecule has 1 aromatic rings. The molecule has 1 N–H and O–H groups in total. The number of ether oxygens (including phenoxy) is 1. The number of piperazine rings is 1. The van der Waals surface area contributed by atoms with Gasteiger partial charge in [-0.25, -0.2) is 0 Å². The molecule has 0 amide bonds. The van der Waals surface area contributed by atoms with E-state index in [9.17, 15) is 0 Å². The van der Waals surface area contributed by atoms with Crippen molar-refractivity contribution >= 4 is 28.3 Å². The normalized spacial score (nSPS) is 20.2. The lowest BCUT2D eigenvalue weighted by atomic mass is 10.2. The van der Waals surface area contributed by atoms with E-state index < -0.39 is 0 Å². The number of nitrogens with one attached hydrogen (secondary N) is 1. The Morgan fingerprint density at radius 2 is 2.33 bits per heavy atom. The largest absolute Gasteiger partial charge is 0.492 e. The minimum atomic E-state index is 0. The van der Waals surface area contributed by atoms with E-state index in [-0.39, 0.29) is 12.4 Å². The van der Waals surface area contributed by atoms with E-state index in [0.29, 0.717) is 6.04 Å². The van der Waals surface area contributed by atoms with Crippen LogP contribution in [0.25, 0.3) is 0 Å². The number of hydrogen-bond donors (Lipinski definition) is 1. The predicted molar refractivity (Wildman–Crippen MR) is 80.8 cm³/mol. The smallest absolute Gasteiger partial charge is 0.120 e. The van der Waals surface area contributed by atoms with Gasteiger partial charge in [-0.05, 0) is 25.1 Å². The first-order chi connectivity index (χ1) is 8.25. The van der Waals surface area contributed by atoms with E-state index in [2.05, 4.69) is 33.1 Å². The molecule has 0 saturated carbocycles. The van der Waals surface area contributed by atoms with Crippen LogP contribution in [-0.2, 0) is 0 Å². The van der Waals surface area contributed by atoms with Crippen molar-refractivity contribution in [3.8, 4) is 5.75 Å². The molecule has 3 nitrogen and oxygen atoms in total. The van der Waals surface area contributed by atoms with Crippen molar-refractivity contribution in [3.63, 3.8) is 0 Å². The summed E-state index contributed by atoms with van der Waals surface area (Å²) in [5.41, 5.74) is 0. The number of benzene rings is 1. The molecule has 0 bridgehead atoms. The molecule has 0 spiro atoms. The topological polar surface area (TPSA) is 24.5 Å². The maximum absolute atomic E-state index is 5.75. The van der Waals surface area contributed by atoms with Gasteiger partial charge in [-0.3, -0.25) is 4.90 Å². The Hall–Kier alpha value is -0.290. The van der Waals surface area contributed by atoms with Gasteiger partial charge in [0, 0.05) is 36.7 Å². The molecule has 0 aliphatic carbocycles. The Balaban J connectivity index is 0.00000162. The zero-order valence-electron chi connectivity index (χ0n) is 10.6. The fraction of sp³-hybridized carbons (Fsp3) is 0.538. The Morgan fingerprint density at radius 1 is 1.50 bits per heavy atom. The zero-order chi connectivity index (χ0) is 12.1. The molecule has 1 fully saturated rings. The molecule has 102 valence electrons. The summed E-state index contributed by atoms with van der Waals surface area (Å²) in [5, 5.41) is 3.39. The standard InChI is InChI=1S/C13H19BrN2O.ClH/c1-11-10-15-5-6-16(11)7-8-17-13-4-2-3-12(14)9-13;/h2-4,9,11,15H,5-8,10H2,1H3;1H/t11-;/m1./s1. The molecule has 2 rings (SSSR count). The summed E-state index contributed by atoms with van der Waals surface area (Å²) >= 11 is 3.44.